The highest BCUT2D eigenvalue weighted by atomic mass is 35.5. The van der Waals surface area contributed by atoms with E-state index >= 15 is 0 Å². The molecule has 0 aliphatic heterocycles. The van der Waals surface area contributed by atoms with Crippen LogP contribution < -0.4 is 5.32 Å². The fraction of sp³-hybridized carbons (Fsp3) is 0.400. The van der Waals surface area contributed by atoms with Crippen LogP contribution in [-0.2, 0) is 0 Å². The summed E-state index contributed by atoms with van der Waals surface area (Å²) < 4.78 is 0. The number of halogens is 2. The molecule has 0 amide bonds. The zero-order valence-electron chi connectivity index (χ0n) is 7.93. The monoisotopic (exact) mass is 219 g/mol. The van der Waals surface area contributed by atoms with Crippen molar-refractivity contribution in [2.45, 2.75) is 20.3 Å². The Bertz CT molecular complexity index is 261. The molecule has 1 nitrogen and oxygen atoms in total. The quantitative estimate of drug-likeness (QED) is 0.814. The molecule has 1 rings (SSSR count). The average molecular weight is 220 g/mol. The first-order chi connectivity index (χ1) is 5.74. The van der Waals surface area contributed by atoms with Crippen LogP contribution in [0.4, 0.5) is 5.69 Å². The van der Waals surface area contributed by atoms with Crippen LogP contribution in [0.5, 0.6) is 0 Å². The normalized spacial score (nSPS) is 9.15. The third-order valence-electron chi connectivity index (χ3n) is 1.75. The summed E-state index contributed by atoms with van der Waals surface area (Å²) in [6.45, 7) is 5.15. The van der Waals surface area contributed by atoms with E-state index in [1.54, 1.807) is 0 Å². The van der Waals surface area contributed by atoms with Crippen molar-refractivity contribution in [3.8, 4) is 0 Å². The Balaban J connectivity index is 0.00000144. The van der Waals surface area contributed by atoms with E-state index in [2.05, 4.69) is 18.3 Å². The van der Waals surface area contributed by atoms with Crippen molar-refractivity contribution >= 4 is 29.7 Å². The van der Waals surface area contributed by atoms with Crippen molar-refractivity contribution in [3.05, 3.63) is 28.8 Å². The van der Waals surface area contributed by atoms with Crippen LogP contribution in [0.15, 0.2) is 18.2 Å². The number of nitrogens with one attached hydrogen (secondary N) is 1. The molecule has 1 aromatic rings. The van der Waals surface area contributed by atoms with Crippen LogP contribution in [0, 0.1) is 6.92 Å². The lowest BCUT2D eigenvalue weighted by Gasteiger charge is -2.05. The molecule has 0 saturated carbocycles. The number of anilines is 1. The molecule has 0 atom stereocenters. The zero-order valence-corrected chi connectivity index (χ0v) is 9.50. The average Bonchev–Trinajstić information content (AvgIpc) is 2.07. The van der Waals surface area contributed by atoms with E-state index in [-0.39, 0.29) is 12.4 Å². The Morgan fingerprint density at radius 1 is 1.38 bits per heavy atom. The Labute approximate surface area is 90.9 Å². The molecule has 0 bridgehead atoms. The molecule has 0 unspecified atom stereocenters. The van der Waals surface area contributed by atoms with Gasteiger partial charge in [-0.15, -0.1) is 12.4 Å². The molecule has 13 heavy (non-hydrogen) atoms. The Morgan fingerprint density at radius 2 is 2.08 bits per heavy atom. The van der Waals surface area contributed by atoms with E-state index in [1.165, 1.54) is 0 Å². The van der Waals surface area contributed by atoms with Crippen molar-refractivity contribution in [1.82, 2.24) is 0 Å². The predicted molar refractivity (Wildman–Crippen MR) is 62.2 cm³/mol. The maximum absolute atomic E-state index is 5.95. The standard InChI is InChI=1S/C10H14ClN.ClH/c1-3-6-12-9-5-4-8(2)10(11)7-9;/h4-5,7,12H,3,6H2,1-2H3;1H. The third-order valence-corrected chi connectivity index (χ3v) is 2.16. The van der Waals surface area contributed by atoms with Gasteiger partial charge < -0.3 is 5.32 Å². The van der Waals surface area contributed by atoms with Crippen molar-refractivity contribution in [2.24, 2.45) is 0 Å². The maximum Gasteiger partial charge on any atom is 0.0455 e. The Kier molecular flexibility index (Phi) is 5.93. The fourth-order valence-corrected chi connectivity index (χ4v) is 1.15. The minimum atomic E-state index is 0. The molecular weight excluding hydrogens is 205 g/mol. The second kappa shape index (κ2) is 6.11. The van der Waals surface area contributed by atoms with Gasteiger partial charge in [0.25, 0.3) is 0 Å². The Morgan fingerprint density at radius 3 is 2.62 bits per heavy atom. The van der Waals surface area contributed by atoms with Gasteiger partial charge in [-0.2, -0.15) is 0 Å². The SMILES string of the molecule is CCCNc1ccc(C)c(Cl)c1.Cl. The summed E-state index contributed by atoms with van der Waals surface area (Å²) in [5.41, 5.74) is 2.23. The van der Waals surface area contributed by atoms with Crippen molar-refractivity contribution < 1.29 is 0 Å². The van der Waals surface area contributed by atoms with Gasteiger partial charge in [-0.1, -0.05) is 24.6 Å². The van der Waals surface area contributed by atoms with Crippen LogP contribution in [0.25, 0.3) is 0 Å². The second-order valence-corrected chi connectivity index (χ2v) is 3.30. The van der Waals surface area contributed by atoms with Crippen LogP contribution in [-0.4, -0.2) is 6.54 Å². The van der Waals surface area contributed by atoms with E-state index in [9.17, 15) is 0 Å². The third kappa shape index (κ3) is 3.88. The molecule has 0 aliphatic rings. The molecular formula is C10H15Cl2N. The zero-order chi connectivity index (χ0) is 8.97. The van der Waals surface area contributed by atoms with E-state index in [1.807, 2.05) is 19.1 Å². The topological polar surface area (TPSA) is 12.0 Å². The molecule has 0 heterocycles. The Hall–Kier alpha value is -0.400. The van der Waals surface area contributed by atoms with Gasteiger partial charge in [0, 0.05) is 17.3 Å². The minimum absolute atomic E-state index is 0. The highest BCUT2D eigenvalue weighted by Crippen LogP contribution is 2.19. The summed E-state index contributed by atoms with van der Waals surface area (Å²) in [7, 11) is 0. The van der Waals surface area contributed by atoms with Crippen LogP contribution in [0.2, 0.25) is 5.02 Å². The number of hydrogen-bond donors (Lipinski definition) is 1. The van der Waals surface area contributed by atoms with Gasteiger partial charge >= 0.3 is 0 Å². The largest absolute Gasteiger partial charge is 0.385 e. The molecule has 0 radical (unpaired) electrons. The first-order valence-corrected chi connectivity index (χ1v) is 4.62. The van der Waals surface area contributed by atoms with E-state index in [0.29, 0.717) is 0 Å². The lowest BCUT2D eigenvalue weighted by molar-refractivity contribution is 0.979. The van der Waals surface area contributed by atoms with Gasteiger partial charge in [0.2, 0.25) is 0 Å². The number of rotatable bonds is 3. The van der Waals surface area contributed by atoms with E-state index in [0.717, 1.165) is 29.2 Å². The molecule has 0 aromatic heterocycles. The van der Waals surface area contributed by atoms with Crippen molar-refractivity contribution in [2.75, 3.05) is 11.9 Å². The summed E-state index contributed by atoms with van der Waals surface area (Å²) in [6, 6.07) is 6.05. The lowest BCUT2D eigenvalue weighted by Crippen LogP contribution is -1.99. The maximum atomic E-state index is 5.95. The highest BCUT2D eigenvalue weighted by molar-refractivity contribution is 6.31. The summed E-state index contributed by atoms with van der Waals surface area (Å²) in [5.74, 6) is 0. The predicted octanol–water partition coefficient (Wildman–Crippen LogP) is 3.89. The van der Waals surface area contributed by atoms with Crippen LogP contribution in [0.3, 0.4) is 0 Å². The van der Waals surface area contributed by atoms with Gasteiger partial charge in [0.1, 0.15) is 0 Å². The van der Waals surface area contributed by atoms with Gasteiger partial charge in [0.15, 0.2) is 0 Å². The summed E-state index contributed by atoms with van der Waals surface area (Å²) in [5, 5.41) is 4.11. The fourth-order valence-electron chi connectivity index (χ4n) is 0.972. The first-order valence-electron chi connectivity index (χ1n) is 4.24. The van der Waals surface area contributed by atoms with Crippen LogP contribution in [0.1, 0.15) is 18.9 Å². The molecule has 1 aromatic carbocycles. The molecule has 0 saturated heterocycles. The van der Waals surface area contributed by atoms with E-state index < -0.39 is 0 Å². The molecule has 0 spiro atoms. The minimum Gasteiger partial charge on any atom is -0.385 e. The number of benzene rings is 1. The number of hydrogen-bond acceptors (Lipinski definition) is 1. The first kappa shape index (κ1) is 12.6. The highest BCUT2D eigenvalue weighted by Gasteiger charge is 1.95. The van der Waals surface area contributed by atoms with Crippen molar-refractivity contribution in [3.63, 3.8) is 0 Å². The smallest absolute Gasteiger partial charge is 0.0455 e. The summed E-state index contributed by atoms with van der Waals surface area (Å²) in [6.07, 6.45) is 1.13. The van der Waals surface area contributed by atoms with Gasteiger partial charge in [-0.25, -0.2) is 0 Å². The molecule has 0 fully saturated rings. The van der Waals surface area contributed by atoms with Crippen LogP contribution >= 0.6 is 24.0 Å². The van der Waals surface area contributed by atoms with Gasteiger partial charge in [-0.05, 0) is 31.0 Å². The molecule has 1 N–H and O–H groups in total. The van der Waals surface area contributed by atoms with Crippen molar-refractivity contribution in [1.29, 1.82) is 0 Å². The molecule has 74 valence electrons. The molecule has 3 heteroatoms. The summed E-state index contributed by atoms with van der Waals surface area (Å²) >= 11 is 5.95. The second-order valence-electron chi connectivity index (χ2n) is 2.89. The number of aryl methyl sites for hydroxylation is 1. The summed E-state index contributed by atoms with van der Waals surface area (Å²) in [4.78, 5) is 0. The lowest BCUT2D eigenvalue weighted by atomic mass is 10.2. The van der Waals surface area contributed by atoms with E-state index in [4.69, 9.17) is 11.6 Å². The van der Waals surface area contributed by atoms with Gasteiger partial charge in [0.05, 0.1) is 0 Å². The molecule has 0 aliphatic carbocycles. The van der Waals surface area contributed by atoms with Gasteiger partial charge in [-0.3, -0.25) is 0 Å².